The summed E-state index contributed by atoms with van der Waals surface area (Å²) in [5.74, 6) is 1.65. The maximum Gasteiger partial charge on any atom is 0.165 e. The fourth-order valence-electron chi connectivity index (χ4n) is 3.68. The van der Waals surface area contributed by atoms with Gasteiger partial charge in [0.15, 0.2) is 11.6 Å². The maximum absolute atomic E-state index is 14.3. The highest BCUT2D eigenvalue weighted by atomic mass is 19.1. The van der Waals surface area contributed by atoms with Crippen LogP contribution >= 0.6 is 0 Å². The van der Waals surface area contributed by atoms with Crippen LogP contribution in [-0.2, 0) is 0 Å². The molecular weight excluding hydrogens is 287 g/mol. The van der Waals surface area contributed by atoms with Gasteiger partial charge >= 0.3 is 0 Å². The van der Waals surface area contributed by atoms with Crippen LogP contribution in [0.4, 0.5) is 4.39 Å². The maximum atomic E-state index is 14.3. The minimum atomic E-state index is -0.186. The molecule has 0 spiro atoms. The van der Waals surface area contributed by atoms with Crippen LogP contribution in [0.15, 0.2) is 18.2 Å². The molecule has 0 heterocycles. The van der Waals surface area contributed by atoms with Crippen LogP contribution < -0.4 is 4.74 Å². The van der Waals surface area contributed by atoms with Crippen molar-refractivity contribution in [2.24, 2.45) is 5.92 Å². The van der Waals surface area contributed by atoms with Gasteiger partial charge in [0.1, 0.15) is 0 Å². The van der Waals surface area contributed by atoms with Gasteiger partial charge in [0.05, 0.1) is 6.61 Å². The van der Waals surface area contributed by atoms with Crippen molar-refractivity contribution in [3.63, 3.8) is 0 Å². The van der Waals surface area contributed by atoms with Gasteiger partial charge in [-0.2, -0.15) is 0 Å². The Kier molecular flexibility index (Phi) is 7.91. The van der Waals surface area contributed by atoms with Crippen LogP contribution in [-0.4, -0.2) is 6.61 Å². The summed E-state index contributed by atoms with van der Waals surface area (Å²) in [5, 5.41) is 0. The topological polar surface area (TPSA) is 9.23 Å². The van der Waals surface area contributed by atoms with E-state index in [1.165, 1.54) is 57.8 Å². The van der Waals surface area contributed by atoms with Gasteiger partial charge in [0.25, 0.3) is 0 Å². The first-order chi connectivity index (χ1) is 11.2. The first-order valence-electron chi connectivity index (χ1n) is 9.66. The van der Waals surface area contributed by atoms with Gasteiger partial charge in [-0.25, -0.2) is 4.39 Å². The molecule has 0 saturated heterocycles. The minimum Gasteiger partial charge on any atom is -0.491 e. The van der Waals surface area contributed by atoms with Gasteiger partial charge in [-0.3, -0.25) is 0 Å². The monoisotopic (exact) mass is 320 g/mol. The van der Waals surface area contributed by atoms with E-state index in [1.54, 1.807) is 6.07 Å². The highest BCUT2D eigenvalue weighted by molar-refractivity contribution is 5.31. The molecule has 1 nitrogen and oxygen atoms in total. The summed E-state index contributed by atoms with van der Waals surface area (Å²) in [6.45, 7) is 5.11. The van der Waals surface area contributed by atoms with Crippen molar-refractivity contribution in [3.05, 3.63) is 29.6 Å². The van der Waals surface area contributed by atoms with E-state index in [9.17, 15) is 4.39 Å². The Morgan fingerprint density at radius 1 is 1.00 bits per heavy atom. The smallest absolute Gasteiger partial charge is 0.165 e. The van der Waals surface area contributed by atoms with Crippen LogP contribution in [0.5, 0.6) is 5.75 Å². The van der Waals surface area contributed by atoms with Crippen LogP contribution in [0, 0.1) is 11.7 Å². The van der Waals surface area contributed by atoms with Crippen LogP contribution in [0.25, 0.3) is 0 Å². The molecule has 0 amide bonds. The van der Waals surface area contributed by atoms with Gasteiger partial charge in [-0.05, 0) is 61.6 Å². The van der Waals surface area contributed by atoms with Crippen molar-refractivity contribution < 1.29 is 9.13 Å². The predicted octanol–water partition coefficient (Wildman–Crippen LogP) is 6.86. The van der Waals surface area contributed by atoms with Crippen molar-refractivity contribution in [1.29, 1.82) is 0 Å². The average Bonchev–Trinajstić information content (AvgIpc) is 2.59. The lowest BCUT2D eigenvalue weighted by molar-refractivity contribution is 0.289. The summed E-state index contributed by atoms with van der Waals surface area (Å²) < 4.78 is 19.9. The van der Waals surface area contributed by atoms with Gasteiger partial charge < -0.3 is 4.74 Å². The molecule has 1 aliphatic carbocycles. The second-order valence-electron chi connectivity index (χ2n) is 7.08. The second-order valence-corrected chi connectivity index (χ2v) is 7.08. The van der Waals surface area contributed by atoms with Crippen LogP contribution in [0.2, 0.25) is 0 Å². The van der Waals surface area contributed by atoms with Gasteiger partial charge in [-0.15, -0.1) is 0 Å². The Morgan fingerprint density at radius 2 is 1.74 bits per heavy atom. The number of benzene rings is 1. The number of hydrogen-bond acceptors (Lipinski definition) is 1. The summed E-state index contributed by atoms with van der Waals surface area (Å²) in [4.78, 5) is 0. The number of hydrogen-bond donors (Lipinski definition) is 0. The fraction of sp³-hybridized carbons (Fsp3) is 0.714. The summed E-state index contributed by atoms with van der Waals surface area (Å²) in [7, 11) is 0. The summed E-state index contributed by atoms with van der Waals surface area (Å²) in [6.07, 6.45) is 12.2. The van der Waals surface area contributed by atoms with Crippen molar-refractivity contribution in [3.8, 4) is 5.75 Å². The SMILES string of the molecule is CCCCCCCOc1ccc(C2CCC(CC)CC2)cc1F. The number of rotatable bonds is 9. The van der Waals surface area contributed by atoms with E-state index in [1.807, 2.05) is 6.07 Å². The molecule has 0 atom stereocenters. The molecular formula is C21H33FO. The number of ether oxygens (including phenoxy) is 1. The normalized spacial score (nSPS) is 21.3. The summed E-state index contributed by atoms with van der Waals surface area (Å²) in [5.41, 5.74) is 1.16. The average molecular weight is 320 g/mol. The largest absolute Gasteiger partial charge is 0.491 e. The molecule has 0 radical (unpaired) electrons. The minimum absolute atomic E-state index is 0.186. The van der Waals surface area contributed by atoms with Gasteiger partial charge in [0.2, 0.25) is 0 Å². The standard InChI is InChI=1S/C21H33FO/c1-3-5-6-7-8-15-23-21-14-13-19(16-20(21)22)18-11-9-17(4-2)10-12-18/h13-14,16-18H,3-12,15H2,1-2H3. The summed E-state index contributed by atoms with van der Waals surface area (Å²) in [6, 6.07) is 5.62. The Balaban J connectivity index is 1.79. The summed E-state index contributed by atoms with van der Waals surface area (Å²) >= 11 is 0. The van der Waals surface area contributed by atoms with E-state index in [4.69, 9.17) is 4.74 Å². The zero-order valence-corrected chi connectivity index (χ0v) is 15.0. The molecule has 2 rings (SSSR count). The lowest BCUT2D eigenvalue weighted by atomic mass is 9.78. The molecule has 1 saturated carbocycles. The second kappa shape index (κ2) is 9.95. The van der Waals surface area contributed by atoms with E-state index < -0.39 is 0 Å². The van der Waals surface area contributed by atoms with E-state index in [-0.39, 0.29) is 5.82 Å². The van der Waals surface area contributed by atoms with Gasteiger partial charge in [0, 0.05) is 0 Å². The molecule has 23 heavy (non-hydrogen) atoms. The Labute approximate surface area is 141 Å². The Hall–Kier alpha value is -1.05. The van der Waals surface area contributed by atoms with Crippen LogP contribution in [0.1, 0.15) is 89.5 Å². The number of halogens is 1. The zero-order valence-electron chi connectivity index (χ0n) is 15.0. The van der Waals surface area contributed by atoms with E-state index >= 15 is 0 Å². The first kappa shape index (κ1) is 18.3. The molecule has 1 aromatic rings. The first-order valence-corrected chi connectivity index (χ1v) is 9.66. The van der Waals surface area contributed by atoms with Gasteiger partial charge in [-0.1, -0.05) is 52.0 Å². The van der Waals surface area contributed by atoms with Crippen molar-refractivity contribution >= 4 is 0 Å². The third-order valence-electron chi connectivity index (χ3n) is 5.36. The molecule has 1 aliphatic rings. The van der Waals surface area contributed by atoms with Crippen molar-refractivity contribution in [2.45, 2.75) is 84.0 Å². The quantitative estimate of drug-likeness (QED) is 0.452. The third kappa shape index (κ3) is 5.82. The molecule has 0 bridgehead atoms. The van der Waals surface area contributed by atoms with E-state index in [2.05, 4.69) is 19.9 Å². The molecule has 0 aromatic heterocycles. The predicted molar refractivity (Wildman–Crippen MR) is 95.6 cm³/mol. The molecule has 0 unspecified atom stereocenters. The fourth-order valence-corrected chi connectivity index (χ4v) is 3.68. The van der Waals surface area contributed by atoms with Crippen molar-refractivity contribution in [2.75, 3.05) is 6.61 Å². The zero-order chi connectivity index (χ0) is 16.5. The Morgan fingerprint density at radius 3 is 2.39 bits per heavy atom. The highest BCUT2D eigenvalue weighted by Gasteiger charge is 2.22. The molecule has 0 N–H and O–H groups in total. The van der Waals surface area contributed by atoms with Crippen LogP contribution in [0.3, 0.4) is 0 Å². The third-order valence-corrected chi connectivity index (χ3v) is 5.36. The molecule has 130 valence electrons. The Bertz CT molecular complexity index is 449. The van der Waals surface area contributed by atoms with Crippen molar-refractivity contribution in [1.82, 2.24) is 0 Å². The van der Waals surface area contributed by atoms with E-state index in [0.29, 0.717) is 18.3 Å². The molecule has 1 fully saturated rings. The lowest BCUT2D eigenvalue weighted by Crippen LogP contribution is -2.12. The molecule has 0 aliphatic heterocycles. The highest BCUT2D eigenvalue weighted by Crippen LogP contribution is 2.37. The number of unbranched alkanes of at least 4 members (excludes halogenated alkanes) is 4. The van der Waals surface area contributed by atoms with E-state index in [0.717, 1.165) is 17.9 Å². The molecule has 2 heteroatoms. The molecule has 1 aromatic carbocycles. The lowest BCUT2D eigenvalue weighted by Gasteiger charge is -2.28.